The van der Waals surface area contributed by atoms with Crippen molar-refractivity contribution in [2.45, 2.75) is 53.2 Å². The SMILES string of the molecule is COCCCN(Cc1csc(COc2cc(C)cc(C)c2C)n1)C(=O)C1CC1. The number of carbonyl (C=O) groups is 1. The molecular weight excluding hydrogens is 372 g/mol. The van der Waals surface area contributed by atoms with Gasteiger partial charge in [0.2, 0.25) is 5.91 Å². The van der Waals surface area contributed by atoms with Crippen molar-refractivity contribution in [3.05, 3.63) is 44.9 Å². The van der Waals surface area contributed by atoms with Crippen LogP contribution < -0.4 is 4.74 Å². The van der Waals surface area contributed by atoms with E-state index in [2.05, 4.69) is 32.9 Å². The molecule has 1 aromatic heterocycles. The standard InChI is InChI=1S/C22H30N2O3S/c1-15-10-16(2)17(3)20(11-15)27-13-21-23-19(14-28-21)12-24(8-5-9-26-4)22(25)18-6-7-18/h10-11,14,18H,5-9,12-13H2,1-4H3. The monoisotopic (exact) mass is 402 g/mol. The molecule has 0 spiro atoms. The first-order valence-electron chi connectivity index (χ1n) is 9.89. The Labute approximate surface area is 171 Å². The summed E-state index contributed by atoms with van der Waals surface area (Å²) >= 11 is 1.59. The molecule has 1 saturated carbocycles. The number of rotatable bonds is 10. The minimum atomic E-state index is 0.219. The fourth-order valence-corrected chi connectivity index (χ4v) is 3.93. The summed E-state index contributed by atoms with van der Waals surface area (Å²) in [4.78, 5) is 19.2. The smallest absolute Gasteiger partial charge is 0.226 e. The highest BCUT2D eigenvalue weighted by Gasteiger charge is 2.33. The van der Waals surface area contributed by atoms with Crippen molar-refractivity contribution in [1.29, 1.82) is 0 Å². The Kier molecular flexibility index (Phi) is 7.08. The van der Waals surface area contributed by atoms with E-state index in [1.165, 1.54) is 16.7 Å². The summed E-state index contributed by atoms with van der Waals surface area (Å²) in [5, 5.41) is 2.97. The van der Waals surface area contributed by atoms with Gasteiger partial charge in [0.05, 0.1) is 12.2 Å². The molecule has 6 heteroatoms. The van der Waals surface area contributed by atoms with E-state index in [1.807, 2.05) is 10.3 Å². The molecular formula is C22H30N2O3S. The average Bonchev–Trinajstić information content (AvgIpc) is 3.42. The number of thiazole rings is 1. The summed E-state index contributed by atoms with van der Waals surface area (Å²) in [7, 11) is 1.69. The average molecular weight is 403 g/mol. The van der Waals surface area contributed by atoms with Crippen LogP contribution in [0.2, 0.25) is 0 Å². The van der Waals surface area contributed by atoms with E-state index in [0.29, 0.717) is 26.3 Å². The second-order valence-corrected chi connectivity index (χ2v) is 8.55. The lowest BCUT2D eigenvalue weighted by Crippen LogP contribution is -2.33. The first-order valence-corrected chi connectivity index (χ1v) is 10.8. The van der Waals surface area contributed by atoms with Gasteiger partial charge < -0.3 is 14.4 Å². The highest BCUT2D eigenvalue weighted by Crippen LogP contribution is 2.31. The summed E-state index contributed by atoms with van der Waals surface area (Å²) in [5.41, 5.74) is 4.54. The van der Waals surface area contributed by atoms with E-state index < -0.39 is 0 Å². The van der Waals surface area contributed by atoms with Crippen LogP contribution >= 0.6 is 11.3 Å². The molecule has 0 bridgehead atoms. The molecule has 0 radical (unpaired) electrons. The van der Waals surface area contributed by atoms with Gasteiger partial charge in [-0.15, -0.1) is 11.3 Å². The van der Waals surface area contributed by atoms with Crippen LogP contribution in [0.1, 0.15) is 46.7 Å². The van der Waals surface area contributed by atoms with E-state index in [9.17, 15) is 4.79 Å². The molecule has 1 fully saturated rings. The van der Waals surface area contributed by atoms with Crippen LogP contribution in [0.15, 0.2) is 17.5 Å². The molecule has 5 nitrogen and oxygen atoms in total. The Morgan fingerprint density at radius 2 is 2.07 bits per heavy atom. The van der Waals surface area contributed by atoms with Crippen molar-refractivity contribution in [2.24, 2.45) is 5.92 Å². The van der Waals surface area contributed by atoms with Crippen LogP contribution in [-0.4, -0.2) is 36.1 Å². The van der Waals surface area contributed by atoms with Crippen molar-refractivity contribution in [2.75, 3.05) is 20.3 Å². The number of aryl methyl sites for hydroxylation is 2. The van der Waals surface area contributed by atoms with Gasteiger partial charge in [-0.25, -0.2) is 4.98 Å². The van der Waals surface area contributed by atoms with E-state index in [1.54, 1.807) is 18.4 Å². The largest absolute Gasteiger partial charge is 0.486 e. The molecule has 0 saturated heterocycles. The second-order valence-electron chi connectivity index (χ2n) is 7.61. The maximum Gasteiger partial charge on any atom is 0.226 e. The first-order chi connectivity index (χ1) is 13.5. The van der Waals surface area contributed by atoms with E-state index >= 15 is 0 Å². The quantitative estimate of drug-likeness (QED) is 0.552. The fraction of sp³-hybridized carbons (Fsp3) is 0.545. The molecule has 0 atom stereocenters. The number of amides is 1. The zero-order valence-corrected chi connectivity index (χ0v) is 18.1. The molecule has 0 unspecified atom stereocenters. The number of nitrogens with zero attached hydrogens (tertiary/aromatic N) is 2. The Balaban J connectivity index is 1.60. The molecule has 0 N–H and O–H groups in total. The third-order valence-corrected chi connectivity index (χ3v) is 5.95. The molecule has 2 aromatic rings. The third kappa shape index (κ3) is 5.55. The lowest BCUT2D eigenvalue weighted by atomic mass is 10.1. The summed E-state index contributed by atoms with van der Waals surface area (Å²) in [6, 6.07) is 4.24. The number of methoxy groups -OCH3 is 1. The normalized spacial score (nSPS) is 13.6. The Hall–Kier alpha value is -1.92. The Morgan fingerprint density at radius 1 is 1.29 bits per heavy atom. The zero-order chi connectivity index (χ0) is 20.1. The van der Waals surface area contributed by atoms with Crippen molar-refractivity contribution in [1.82, 2.24) is 9.88 Å². The van der Waals surface area contributed by atoms with E-state index in [0.717, 1.165) is 35.7 Å². The molecule has 3 rings (SSSR count). The second kappa shape index (κ2) is 9.52. The molecule has 1 aliphatic carbocycles. The molecule has 152 valence electrons. The first kappa shape index (κ1) is 20.8. The van der Waals surface area contributed by atoms with Crippen molar-refractivity contribution in [3.63, 3.8) is 0 Å². The van der Waals surface area contributed by atoms with Crippen LogP contribution in [0.25, 0.3) is 0 Å². The van der Waals surface area contributed by atoms with Gasteiger partial charge in [-0.2, -0.15) is 0 Å². The molecule has 1 amide bonds. The molecule has 1 aromatic carbocycles. The predicted molar refractivity (Wildman–Crippen MR) is 112 cm³/mol. The Bertz CT molecular complexity index is 814. The molecule has 28 heavy (non-hydrogen) atoms. The Morgan fingerprint density at radius 3 is 2.79 bits per heavy atom. The van der Waals surface area contributed by atoms with Crippen molar-refractivity contribution >= 4 is 17.2 Å². The van der Waals surface area contributed by atoms with Crippen LogP contribution in [0.4, 0.5) is 0 Å². The number of hydrogen-bond donors (Lipinski definition) is 0. The van der Waals surface area contributed by atoms with Gasteiger partial charge in [0.25, 0.3) is 0 Å². The predicted octanol–water partition coefficient (Wildman–Crippen LogP) is 4.42. The van der Waals surface area contributed by atoms with Gasteiger partial charge in [-0.1, -0.05) is 6.07 Å². The van der Waals surface area contributed by atoms with Gasteiger partial charge >= 0.3 is 0 Å². The molecule has 1 aliphatic rings. The number of aromatic nitrogens is 1. The lowest BCUT2D eigenvalue weighted by molar-refractivity contribution is -0.133. The van der Waals surface area contributed by atoms with Crippen LogP contribution in [0, 0.1) is 26.7 Å². The van der Waals surface area contributed by atoms with Gasteiger partial charge in [-0.05, 0) is 62.8 Å². The molecule has 0 aliphatic heterocycles. The van der Waals surface area contributed by atoms with Gasteiger partial charge in [0.15, 0.2) is 0 Å². The third-order valence-electron chi connectivity index (χ3n) is 5.08. The van der Waals surface area contributed by atoms with Gasteiger partial charge in [-0.3, -0.25) is 4.79 Å². The minimum Gasteiger partial charge on any atom is -0.486 e. The highest BCUT2D eigenvalue weighted by atomic mass is 32.1. The number of ether oxygens (including phenoxy) is 2. The van der Waals surface area contributed by atoms with E-state index in [-0.39, 0.29) is 11.8 Å². The fourth-order valence-electron chi connectivity index (χ4n) is 3.23. The minimum absolute atomic E-state index is 0.219. The number of carbonyl (C=O) groups excluding carboxylic acids is 1. The summed E-state index contributed by atoms with van der Waals surface area (Å²) in [5.74, 6) is 1.39. The summed E-state index contributed by atoms with van der Waals surface area (Å²) in [6.45, 7) is 8.67. The van der Waals surface area contributed by atoms with Gasteiger partial charge in [0.1, 0.15) is 17.4 Å². The molecule has 1 heterocycles. The van der Waals surface area contributed by atoms with Gasteiger partial charge in [0, 0.05) is 31.6 Å². The summed E-state index contributed by atoms with van der Waals surface area (Å²) < 4.78 is 11.2. The number of hydrogen-bond acceptors (Lipinski definition) is 5. The van der Waals surface area contributed by atoms with Crippen LogP contribution in [0.5, 0.6) is 5.75 Å². The topological polar surface area (TPSA) is 51.7 Å². The van der Waals surface area contributed by atoms with Crippen molar-refractivity contribution < 1.29 is 14.3 Å². The highest BCUT2D eigenvalue weighted by molar-refractivity contribution is 7.09. The summed E-state index contributed by atoms with van der Waals surface area (Å²) in [6.07, 6.45) is 2.89. The van der Waals surface area contributed by atoms with Crippen molar-refractivity contribution in [3.8, 4) is 5.75 Å². The van der Waals surface area contributed by atoms with Crippen LogP contribution in [-0.2, 0) is 22.7 Å². The number of benzene rings is 1. The lowest BCUT2D eigenvalue weighted by Gasteiger charge is -2.21. The maximum atomic E-state index is 12.6. The maximum absolute atomic E-state index is 12.6. The van der Waals surface area contributed by atoms with Crippen LogP contribution in [0.3, 0.4) is 0 Å². The van der Waals surface area contributed by atoms with E-state index in [4.69, 9.17) is 14.5 Å². The zero-order valence-electron chi connectivity index (χ0n) is 17.3.